The summed E-state index contributed by atoms with van der Waals surface area (Å²) in [6, 6.07) is 18.6. The lowest BCUT2D eigenvalue weighted by Crippen LogP contribution is -2.71. The van der Waals surface area contributed by atoms with Crippen molar-refractivity contribution in [2.45, 2.75) is 64.1 Å². The first-order chi connectivity index (χ1) is 15.0. The summed E-state index contributed by atoms with van der Waals surface area (Å²) >= 11 is 0. The van der Waals surface area contributed by atoms with E-state index in [2.05, 4.69) is 40.8 Å². The summed E-state index contributed by atoms with van der Waals surface area (Å²) in [6.45, 7) is 14.0. The van der Waals surface area contributed by atoms with Crippen molar-refractivity contribution in [1.29, 1.82) is 0 Å². The largest absolute Gasteiger partial charge is 0.445 e. The van der Waals surface area contributed by atoms with Crippen molar-refractivity contribution >= 4 is 14.4 Å². The summed E-state index contributed by atoms with van der Waals surface area (Å²) in [4.78, 5) is 14.5. The van der Waals surface area contributed by atoms with Crippen molar-refractivity contribution in [2.75, 3.05) is 13.2 Å². The number of carbonyl (C=O) groups excluding carboxylic acids is 1. The number of amides is 1. The molecule has 0 aromatic heterocycles. The quantitative estimate of drug-likeness (QED) is 0.530. The van der Waals surface area contributed by atoms with E-state index in [1.54, 1.807) is 4.90 Å². The van der Waals surface area contributed by atoms with Crippen LogP contribution in [0.25, 0.3) is 0 Å². The van der Waals surface area contributed by atoms with Crippen LogP contribution < -0.4 is 0 Å². The van der Waals surface area contributed by atoms with E-state index in [1.165, 1.54) is 0 Å². The van der Waals surface area contributed by atoms with E-state index < -0.39 is 26.1 Å². The highest BCUT2D eigenvalue weighted by Crippen LogP contribution is 2.46. The first kappa shape index (κ1) is 24.5. The molecule has 5 nitrogen and oxygen atoms in total. The van der Waals surface area contributed by atoms with Gasteiger partial charge in [-0.3, -0.25) is 4.90 Å². The Bertz CT molecular complexity index is 901. The third kappa shape index (κ3) is 4.77. The Kier molecular flexibility index (Phi) is 7.17. The molecule has 32 heavy (non-hydrogen) atoms. The van der Waals surface area contributed by atoms with Crippen LogP contribution in [0.1, 0.15) is 38.8 Å². The van der Waals surface area contributed by atoms with Crippen LogP contribution in [0.2, 0.25) is 18.1 Å². The topological polar surface area (TPSA) is 59.0 Å². The molecule has 0 spiro atoms. The van der Waals surface area contributed by atoms with Crippen LogP contribution in [0, 0.1) is 5.92 Å². The van der Waals surface area contributed by atoms with Gasteiger partial charge in [0.25, 0.3) is 0 Å². The lowest BCUT2D eigenvalue weighted by atomic mass is 9.78. The molecule has 174 valence electrons. The summed E-state index contributed by atoms with van der Waals surface area (Å²) in [5, 5.41) is 11.6. The predicted molar refractivity (Wildman–Crippen MR) is 130 cm³/mol. The number of aliphatic hydroxyl groups is 1. The van der Waals surface area contributed by atoms with E-state index >= 15 is 0 Å². The van der Waals surface area contributed by atoms with E-state index in [1.807, 2.05) is 60.7 Å². The SMILES string of the molecule is CC(C)C(C)(C)[Si](C)(C)OC[C@@H]1N(C(=O)OCc2ccccc2)C[C@@]1(O)c1ccccc1. The monoisotopic (exact) mass is 455 g/mol. The number of nitrogens with zero attached hydrogens (tertiary/aromatic N) is 1. The Morgan fingerprint density at radius 2 is 1.69 bits per heavy atom. The van der Waals surface area contributed by atoms with Gasteiger partial charge in [0, 0.05) is 0 Å². The Morgan fingerprint density at radius 3 is 2.25 bits per heavy atom. The van der Waals surface area contributed by atoms with Crippen LogP contribution >= 0.6 is 0 Å². The predicted octanol–water partition coefficient (Wildman–Crippen LogP) is 5.55. The fourth-order valence-electron chi connectivity index (χ4n) is 4.02. The van der Waals surface area contributed by atoms with Crippen molar-refractivity contribution in [3.05, 3.63) is 71.8 Å². The minimum Gasteiger partial charge on any atom is -0.445 e. The maximum atomic E-state index is 12.9. The zero-order chi connectivity index (χ0) is 23.6. The van der Waals surface area contributed by atoms with E-state index in [0.717, 1.165) is 11.1 Å². The highest BCUT2D eigenvalue weighted by atomic mass is 28.4. The van der Waals surface area contributed by atoms with Crippen molar-refractivity contribution in [2.24, 2.45) is 5.92 Å². The molecule has 1 N–H and O–H groups in total. The number of ether oxygens (including phenoxy) is 1. The van der Waals surface area contributed by atoms with Gasteiger partial charge in [-0.1, -0.05) is 88.4 Å². The van der Waals surface area contributed by atoms with Crippen LogP contribution in [0.3, 0.4) is 0 Å². The number of carbonyl (C=O) groups is 1. The summed E-state index contributed by atoms with van der Waals surface area (Å²) in [6.07, 6.45) is -0.425. The standard InChI is InChI=1S/C26H37NO4Si/c1-20(2)25(3,4)32(5,6)31-18-23-26(29,22-15-11-8-12-16-22)19-27(23)24(28)30-17-21-13-9-7-10-14-21/h7-16,20,23,29H,17-19H2,1-6H3/t23-,26+/m0/s1. The van der Waals surface area contributed by atoms with Gasteiger partial charge in [-0.15, -0.1) is 0 Å². The third-order valence-corrected chi connectivity index (χ3v) is 12.2. The summed E-state index contributed by atoms with van der Waals surface area (Å²) in [5.41, 5.74) is 0.572. The molecule has 1 fully saturated rings. The maximum Gasteiger partial charge on any atom is 0.410 e. The molecule has 1 amide bonds. The molecule has 2 aromatic rings. The molecule has 1 aliphatic heterocycles. The van der Waals surface area contributed by atoms with E-state index in [-0.39, 0.29) is 24.8 Å². The molecular weight excluding hydrogens is 418 g/mol. The van der Waals surface area contributed by atoms with Gasteiger partial charge in [0.15, 0.2) is 8.32 Å². The van der Waals surface area contributed by atoms with Crippen LogP contribution in [0.15, 0.2) is 60.7 Å². The molecule has 1 saturated heterocycles. The third-order valence-electron chi connectivity index (χ3n) is 7.65. The second kappa shape index (κ2) is 9.38. The zero-order valence-electron chi connectivity index (χ0n) is 20.2. The van der Waals surface area contributed by atoms with Gasteiger partial charge >= 0.3 is 6.09 Å². The molecule has 0 unspecified atom stereocenters. The number of rotatable bonds is 8. The Morgan fingerprint density at radius 1 is 1.12 bits per heavy atom. The average Bonchev–Trinajstić information content (AvgIpc) is 2.76. The van der Waals surface area contributed by atoms with E-state index in [4.69, 9.17) is 9.16 Å². The molecule has 2 aromatic carbocycles. The highest BCUT2D eigenvalue weighted by molar-refractivity contribution is 6.74. The normalized spacial score (nSPS) is 21.4. The molecule has 0 radical (unpaired) electrons. The summed E-state index contributed by atoms with van der Waals surface area (Å²) in [5.74, 6) is 0.463. The van der Waals surface area contributed by atoms with Crippen LogP contribution in [0.4, 0.5) is 4.79 Å². The zero-order valence-corrected chi connectivity index (χ0v) is 21.2. The van der Waals surface area contributed by atoms with Gasteiger partial charge in [-0.25, -0.2) is 4.79 Å². The minimum absolute atomic E-state index is 0.0419. The summed E-state index contributed by atoms with van der Waals surface area (Å²) in [7, 11) is -2.13. The van der Waals surface area contributed by atoms with Crippen LogP contribution in [-0.4, -0.2) is 43.6 Å². The molecule has 1 aliphatic rings. The first-order valence-electron chi connectivity index (χ1n) is 11.4. The Balaban J connectivity index is 1.76. The van der Waals surface area contributed by atoms with Crippen molar-refractivity contribution in [3.63, 3.8) is 0 Å². The molecule has 6 heteroatoms. The Hall–Kier alpha value is -2.15. The van der Waals surface area contributed by atoms with Gasteiger partial charge in [-0.2, -0.15) is 0 Å². The van der Waals surface area contributed by atoms with Crippen LogP contribution in [-0.2, 0) is 21.4 Å². The average molecular weight is 456 g/mol. The van der Waals surface area contributed by atoms with Crippen molar-refractivity contribution < 1.29 is 19.1 Å². The molecule has 3 rings (SSSR count). The Labute approximate surface area is 193 Å². The molecular formula is C26H37NO4Si. The number of hydrogen-bond acceptors (Lipinski definition) is 4. The molecule has 0 aliphatic carbocycles. The number of hydrogen-bond donors (Lipinski definition) is 1. The van der Waals surface area contributed by atoms with Gasteiger partial charge in [-0.05, 0) is 35.2 Å². The van der Waals surface area contributed by atoms with Gasteiger partial charge < -0.3 is 14.3 Å². The van der Waals surface area contributed by atoms with Gasteiger partial charge in [0.05, 0.1) is 19.2 Å². The fourth-order valence-corrected chi connectivity index (χ4v) is 6.36. The number of benzene rings is 2. The number of β-amino-alcohol motifs (C(OH)–C–C–N with tert-alkyl or cyclic N) is 1. The second-order valence-electron chi connectivity index (χ2n) is 10.2. The van der Waals surface area contributed by atoms with Crippen molar-refractivity contribution in [3.8, 4) is 0 Å². The molecule has 1 heterocycles. The van der Waals surface area contributed by atoms with Gasteiger partial charge in [0.2, 0.25) is 0 Å². The van der Waals surface area contributed by atoms with Gasteiger partial charge in [0.1, 0.15) is 12.2 Å². The molecule has 2 atom stereocenters. The maximum absolute atomic E-state index is 12.9. The van der Waals surface area contributed by atoms with E-state index in [9.17, 15) is 9.90 Å². The smallest absolute Gasteiger partial charge is 0.410 e. The summed E-state index contributed by atoms with van der Waals surface area (Å²) < 4.78 is 12.1. The second-order valence-corrected chi connectivity index (χ2v) is 14.8. The lowest BCUT2D eigenvalue weighted by molar-refractivity contribution is -0.158. The van der Waals surface area contributed by atoms with Crippen LogP contribution in [0.5, 0.6) is 0 Å². The fraction of sp³-hybridized carbons (Fsp3) is 0.500. The minimum atomic E-state index is -2.13. The lowest BCUT2D eigenvalue weighted by Gasteiger charge is -2.54. The number of likely N-dealkylation sites (tertiary alicyclic amines) is 1. The van der Waals surface area contributed by atoms with E-state index in [0.29, 0.717) is 5.92 Å². The van der Waals surface area contributed by atoms with Crippen molar-refractivity contribution in [1.82, 2.24) is 4.90 Å². The molecule has 0 bridgehead atoms. The molecule has 0 saturated carbocycles. The first-order valence-corrected chi connectivity index (χ1v) is 14.3. The highest BCUT2D eigenvalue weighted by Gasteiger charge is 2.56.